The van der Waals surface area contributed by atoms with Gasteiger partial charge in [-0.2, -0.15) is 11.8 Å². The minimum absolute atomic E-state index is 0.961. The number of nitrogens with one attached hydrogen (secondary N) is 1. The van der Waals surface area contributed by atoms with Gasteiger partial charge in [-0.15, -0.1) is 11.3 Å². The van der Waals surface area contributed by atoms with E-state index in [9.17, 15) is 0 Å². The highest BCUT2D eigenvalue weighted by molar-refractivity contribution is 7.99. The zero-order valence-corrected chi connectivity index (χ0v) is 12.3. The summed E-state index contributed by atoms with van der Waals surface area (Å²) in [6, 6.07) is 0. The molecule has 96 valence electrons. The minimum Gasteiger partial charge on any atom is -0.347 e. The third-order valence-electron chi connectivity index (χ3n) is 2.91. The van der Waals surface area contributed by atoms with Crippen LogP contribution >= 0.6 is 23.1 Å². The first-order valence-electron chi connectivity index (χ1n) is 6.31. The molecule has 3 nitrogen and oxygen atoms in total. The SMILES string of the molecule is CCNCc1sc(N2CCCSCC2)nc1C. The second kappa shape index (κ2) is 6.61. The van der Waals surface area contributed by atoms with Crippen LogP contribution in [0.3, 0.4) is 0 Å². The molecule has 0 saturated carbocycles. The van der Waals surface area contributed by atoms with Crippen molar-refractivity contribution >= 4 is 28.2 Å². The van der Waals surface area contributed by atoms with E-state index < -0.39 is 0 Å². The fraction of sp³-hybridized carbons (Fsp3) is 0.750. The van der Waals surface area contributed by atoms with Gasteiger partial charge in [0, 0.05) is 30.3 Å². The molecule has 1 fully saturated rings. The lowest BCUT2D eigenvalue weighted by atomic mass is 10.4. The first kappa shape index (κ1) is 13.2. The van der Waals surface area contributed by atoms with Crippen LogP contribution in [0.1, 0.15) is 23.9 Å². The van der Waals surface area contributed by atoms with Crippen LogP contribution in [0.4, 0.5) is 5.13 Å². The number of aryl methyl sites for hydroxylation is 1. The summed E-state index contributed by atoms with van der Waals surface area (Å²) >= 11 is 3.92. The standard InChI is InChI=1S/C12H21N3S2/c1-3-13-9-11-10(2)14-12(17-11)15-5-4-7-16-8-6-15/h13H,3-9H2,1-2H3. The third-order valence-corrected chi connectivity index (χ3v) is 5.18. The van der Waals surface area contributed by atoms with Gasteiger partial charge in [0.05, 0.1) is 5.69 Å². The first-order valence-corrected chi connectivity index (χ1v) is 8.28. The summed E-state index contributed by atoms with van der Waals surface area (Å²) in [4.78, 5) is 8.56. The van der Waals surface area contributed by atoms with Gasteiger partial charge in [0.25, 0.3) is 0 Å². The Hall–Kier alpha value is -0.260. The number of rotatable bonds is 4. The number of aromatic nitrogens is 1. The summed E-state index contributed by atoms with van der Waals surface area (Å²) in [5.41, 5.74) is 1.20. The van der Waals surface area contributed by atoms with Gasteiger partial charge in [0.1, 0.15) is 0 Å². The van der Waals surface area contributed by atoms with Gasteiger partial charge >= 0.3 is 0 Å². The predicted octanol–water partition coefficient (Wildman–Crippen LogP) is 2.50. The van der Waals surface area contributed by atoms with E-state index in [2.05, 4.69) is 35.8 Å². The molecule has 1 aliphatic heterocycles. The van der Waals surface area contributed by atoms with Crippen molar-refractivity contribution < 1.29 is 0 Å². The van der Waals surface area contributed by atoms with Crippen molar-refractivity contribution in [1.29, 1.82) is 0 Å². The molecule has 0 aliphatic carbocycles. The smallest absolute Gasteiger partial charge is 0.185 e. The fourth-order valence-electron chi connectivity index (χ4n) is 1.89. The Labute approximate surface area is 112 Å². The largest absolute Gasteiger partial charge is 0.347 e. The van der Waals surface area contributed by atoms with Crippen LogP contribution in [-0.2, 0) is 6.54 Å². The number of hydrogen-bond acceptors (Lipinski definition) is 5. The Balaban J connectivity index is 2.04. The average molecular weight is 271 g/mol. The predicted molar refractivity (Wildman–Crippen MR) is 78.4 cm³/mol. The normalized spacial score (nSPS) is 17.2. The monoisotopic (exact) mass is 271 g/mol. The van der Waals surface area contributed by atoms with Crippen molar-refractivity contribution in [3.63, 3.8) is 0 Å². The molecule has 17 heavy (non-hydrogen) atoms. The van der Waals surface area contributed by atoms with Crippen molar-refractivity contribution in [2.24, 2.45) is 0 Å². The van der Waals surface area contributed by atoms with E-state index in [1.165, 1.54) is 40.2 Å². The molecular weight excluding hydrogens is 250 g/mol. The second-order valence-corrected chi connectivity index (χ2v) is 6.53. The summed E-state index contributed by atoms with van der Waals surface area (Å²) in [6.45, 7) is 8.57. The van der Waals surface area contributed by atoms with E-state index >= 15 is 0 Å². The highest BCUT2D eigenvalue weighted by Crippen LogP contribution is 2.27. The summed E-state index contributed by atoms with van der Waals surface area (Å²) in [5, 5.41) is 4.60. The Morgan fingerprint density at radius 1 is 1.35 bits per heavy atom. The van der Waals surface area contributed by atoms with Crippen LogP contribution in [0.5, 0.6) is 0 Å². The Morgan fingerprint density at radius 2 is 2.24 bits per heavy atom. The molecule has 0 atom stereocenters. The molecule has 0 bridgehead atoms. The third kappa shape index (κ3) is 3.60. The van der Waals surface area contributed by atoms with Crippen molar-refractivity contribution in [1.82, 2.24) is 10.3 Å². The van der Waals surface area contributed by atoms with Crippen LogP contribution < -0.4 is 10.2 Å². The lowest BCUT2D eigenvalue weighted by Gasteiger charge is -2.18. The fourth-order valence-corrected chi connectivity index (χ4v) is 3.86. The number of thioether (sulfide) groups is 1. The average Bonchev–Trinajstić information content (AvgIpc) is 2.57. The second-order valence-electron chi connectivity index (χ2n) is 4.24. The molecule has 0 spiro atoms. The lowest BCUT2D eigenvalue weighted by Crippen LogP contribution is -2.25. The van der Waals surface area contributed by atoms with E-state index in [1.807, 2.05) is 11.3 Å². The Morgan fingerprint density at radius 3 is 3.06 bits per heavy atom. The molecule has 1 saturated heterocycles. The van der Waals surface area contributed by atoms with Crippen molar-refractivity contribution in [3.8, 4) is 0 Å². The molecule has 1 aromatic heterocycles. The van der Waals surface area contributed by atoms with E-state index in [0.717, 1.165) is 19.6 Å². The quantitative estimate of drug-likeness (QED) is 0.911. The molecule has 5 heteroatoms. The van der Waals surface area contributed by atoms with E-state index in [4.69, 9.17) is 4.98 Å². The van der Waals surface area contributed by atoms with Crippen LogP contribution in [-0.4, -0.2) is 36.1 Å². The molecule has 2 heterocycles. The zero-order chi connectivity index (χ0) is 12.1. The molecule has 0 amide bonds. The molecule has 1 aliphatic rings. The molecule has 2 rings (SSSR count). The summed E-state index contributed by atoms with van der Waals surface area (Å²) in [7, 11) is 0. The maximum Gasteiger partial charge on any atom is 0.185 e. The first-order chi connectivity index (χ1) is 8.31. The molecule has 0 radical (unpaired) electrons. The van der Waals surface area contributed by atoms with Gasteiger partial charge < -0.3 is 10.2 Å². The van der Waals surface area contributed by atoms with Crippen molar-refractivity contribution in [2.45, 2.75) is 26.8 Å². The van der Waals surface area contributed by atoms with Crippen LogP contribution in [0, 0.1) is 6.92 Å². The molecule has 0 aromatic carbocycles. The van der Waals surface area contributed by atoms with Gasteiger partial charge in [-0.05, 0) is 25.6 Å². The molecular formula is C12H21N3S2. The van der Waals surface area contributed by atoms with Gasteiger partial charge in [0.15, 0.2) is 5.13 Å². The number of hydrogen-bond donors (Lipinski definition) is 1. The Bertz CT molecular complexity index is 344. The maximum absolute atomic E-state index is 4.72. The minimum atomic E-state index is 0.961. The van der Waals surface area contributed by atoms with Gasteiger partial charge in [0.2, 0.25) is 0 Å². The molecule has 1 N–H and O–H groups in total. The highest BCUT2D eigenvalue weighted by atomic mass is 32.2. The van der Waals surface area contributed by atoms with Gasteiger partial charge in [-0.25, -0.2) is 4.98 Å². The zero-order valence-electron chi connectivity index (χ0n) is 10.7. The van der Waals surface area contributed by atoms with E-state index in [1.54, 1.807) is 0 Å². The van der Waals surface area contributed by atoms with Crippen molar-refractivity contribution in [2.75, 3.05) is 36.0 Å². The summed E-state index contributed by atoms with van der Waals surface area (Å²) in [5.74, 6) is 2.53. The topological polar surface area (TPSA) is 28.2 Å². The van der Waals surface area contributed by atoms with E-state index in [-0.39, 0.29) is 0 Å². The van der Waals surface area contributed by atoms with Gasteiger partial charge in [-0.3, -0.25) is 0 Å². The van der Waals surface area contributed by atoms with Crippen molar-refractivity contribution in [3.05, 3.63) is 10.6 Å². The van der Waals surface area contributed by atoms with E-state index in [0.29, 0.717) is 0 Å². The summed E-state index contributed by atoms with van der Waals surface area (Å²) in [6.07, 6.45) is 1.28. The molecule has 0 unspecified atom stereocenters. The molecule has 1 aromatic rings. The number of anilines is 1. The van der Waals surface area contributed by atoms with Crippen LogP contribution in [0.15, 0.2) is 0 Å². The van der Waals surface area contributed by atoms with Crippen LogP contribution in [0.2, 0.25) is 0 Å². The maximum atomic E-state index is 4.72. The summed E-state index contributed by atoms with van der Waals surface area (Å²) < 4.78 is 0. The lowest BCUT2D eigenvalue weighted by molar-refractivity contribution is 0.730. The number of nitrogens with zero attached hydrogens (tertiary/aromatic N) is 2. The highest BCUT2D eigenvalue weighted by Gasteiger charge is 2.15. The van der Waals surface area contributed by atoms with Gasteiger partial charge in [-0.1, -0.05) is 6.92 Å². The number of thiazole rings is 1. The van der Waals surface area contributed by atoms with Crippen LogP contribution in [0.25, 0.3) is 0 Å². The Kier molecular flexibility index (Phi) is 5.13.